The van der Waals surface area contributed by atoms with Gasteiger partial charge in [0.1, 0.15) is 5.69 Å². The highest BCUT2D eigenvalue weighted by molar-refractivity contribution is 7.91. The number of hydrogen-bond donors (Lipinski definition) is 1. The Morgan fingerprint density at radius 1 is 0.848 bits per heavy atom. The fourth-order valence-corrected chi connectivity index (χ4v) is 3.87. The van der Waals surface area contributed by atoms with E-state index in [0.29, 0.717) is 12.1 Å². The third-order valence-electron chi connectivity index (χ3n) is 4.33. The van der Waals surface area contributed by atoms with Gasteiger partial charge in [-0.25, -0.2) is 8.42 Å². The molecule has 0 saturated heterocycles. The lowest BCUT2D eigenvalue weighted by Crippen LogP contribution is -2.23. The Bertz CT molecular complexity index is 1260. The Hall–Kier alpha value is -3.48. The molecular formula is C20H13F6N3O3S. The molecule has 0 unspecified atom stereocenters. The highest BCUT2D eigenvalue weighted by Gasteiger charge is 2.33. The molecule has 33 heavy (non-hydrogen) atoms. The molecule has 13 heteroatoms. The van der Waals surface area contributed by atoms with Crippen LogP contribution in [0.4, 0.5) is 26.3 Å². The Morgan fingerprint density at radius 2 is 1.58 bits per heavy atom. The Balaban J connectivity index is 1.70. The van der Waals surface area contributed by atoms with Gasteiger partial charge in [0.05, 0.1) is 33.2 Å². The summed E-state index contributed by atoms with van der Waals surface area (Å²) in [4.78, 5) is 18.2. The van der Waals surface area contributed by atoms with Crippen LogP contribution in [0.3, 0.4) is 0 Å². The van der Waals surface area contributed by atoms with Gasteiger partial charge in [-0.05, 0) is 42.5 Å². The van der Waals surface area contributed by atoms with Crippen molar-refractivity contribution >= 4 is 15.7 Å². The molecule has 0 radical (unpaired) electrons. The van der Waals surface area contributed by atoms with E-state index in [2.05, 4.69) is 15.3 Å². The van der Waals surface area contributed by atoms with Gasteiger partial charge in [-0.3, -0.25) is 14.8 Å². The van der Waals surface area contributed by atoms with Crippen LogP contribution in [0.25, 0.3) is 0 Å². The zero-order valence-corrected chi connectivity index (χ0v) is 17.1. The summed E-state index contributed by atoms with van der Waals surface area (Å²) >= 11 is 0. The standard InChI is InChI=1S/C20H13F6N3O3S/c21-19(22,23)13-2-1-3-15(8-13)33(31,32)16-6-5-14(27-11-16)10-29-18(30)12-4-7-17(28-9-12)20(24,25)26/h1-9,11H,10H2,(H,29,30). The monoisotopic (exact) mass is 489 g/mol. The Morgan fingerprint density at radius 3 is 2.12 bits per heavy atom. The molecule has 1 aromatic carbocycles. The second-order valence-electron chi connectivity index (χ2n) is 6.63. The minimum Gasteiger partial charge on any atom is -0.346 e. The van der Waals surface area contributed by atoms with Gasteiger partial charge in [0.2, 0.25) is 9.84 Å². The number of benzene rings is 1. The molecular weight excluding hydrogens is 476 g/mol. The third kappa shape index (κ3) is 5.66. The molecule has 0 aliphatic carbocycles. The van der Waals surface area contributed by atoms with Crippen LogP contribution < -0.4 is 5.32 Å². The molecule has 6 nitrogen and oxygen atoms in total. The van der Waals surface area contributed by atoms with Crippen LogP contribution in [-0.2, 0) is 28.7 Å². The van der Waals surface area contributed by atoms with E-state index >= 15 is 0 Å². The summed E-state index contributed by atoms with van der Waals surface area (Å²) < 4.78 is 101. The second kappa shape index (κ2) is 8.81. The average Bonchev–Trinajstić information content (AvgIpc) is 2.77. The number of hydrogen-bond acceptors (Lipinski definition) is 5. The summed E-state index contributed by atoms with van der Waals surface area (Å²) in [5, 5.41) is 2.39. The fourth-order valence-electron chi connectivity index (χ4n) is 2.62. The third-order valence-corrected chi connectivity index (χ3v) is 6.06. The molecule has 0 aliphatic rings. The van der Waals surface area contributed by atoms with Gasteiger partial charge < -0.3 is 5.32 Å². The van der Waals surface area contributed by atoms with Crippen molar-refractivity contribution in [1.82, 2.24) is 15.3 Å². The first-order valence-corrected chi connectivity index (χ1v) is 10.5. The van der Waals surface area contributed by atoms with Gasteiger partial charge in [-0.2, -0.15) is 26.3 Å². The van der Waals surface area contributed by atoms with E-state index < -0.39 is 44.2 Å². The van der Waals surface area contributed by atoms with Crippen molar-refractivity contribution in [3.63, 3.8) is 0 Å². The first kappa shape index (κ1) is 24.2. The van der Waals surface area contributed by atoms with Crippen molar-refractivity contribution in [3.05, 3.63) is 83.4 Å². The maximum atomic E-state index is 12.9. The number of rotatable bonds is 5. The van der Waals surface area contributed by atoms with Crippen LogP contribution >= 0.6 is 0 Å². The minimum absolute atomic E-state index is 0.133. The molecule has 3 aromatic rings. The quantitative estimate of drug-likeness (QED) is 0.541. The van der Waals surface area contributed by atoms with Gasteiger partial charge in [0.25, 0.3) is 5.91 Å². The lowest BCUT2D eigenvalue weighted by atomic mass is 10.2. The smallest absolute Gasteiger partial charge is 0.346 e. The van der Waals surface area contributed by atoms with Crippen LogP contribution in [0, 0.1) is 0 Å². The lowest BCUT2D eigenvalue weighted by molar-refractivity contribution is -0.141. The van der Waals surface area contributed by atoms with Crippen molar-refractivity contribution in [2.75, 3.05) is 0 Å². The number of halogens is 6. The van der Waals surface area contributed by atoms with Crippen molar-refractivity contribution in [3.8, 4) is 0 Å². The van der Waals surface area contributed by atoms with Crippen molar-refractivity contribution in [2.24, 2.45) is 0 Å². The number of carbonyl (C=O) groups is 1. The van der Waals surface area contributed by atoms with E-state index in [9.17, 15) is 39.6 Å². The minimum atomic E-state index is -4.71. The van der Waals surface area contributed by atoms with Crippen LogP contribution in [0.1, 0.15) is 27.3 Å². The van der Waals surface area contributed by atoms with Crippen molar-refractivity contribution < 1.29 is 39.6 Å². The predicted molar refractivity (Wildman–Crippen MR) is 102 cm³/mol. The second-order valence-corrected chi connectivity index (χ2v) is 8.58. The maximum Gasteiger partial charge on any atom is 0.433 e. The van der Waals surface area contributed by atoms with Crippen LogP contribution in [0.2, 0.25) is 0 Å². The summed E-state index contributed by atoms with van der Waals surface area (Å²) in [6.45, 7) is -0.191. The maximum absolute atomic E-state index is 12.9. The SMILES string of the molecule is O=C(NCc1ccc(S(=O)(=O)c2cccc(C(F)(F)F)c2)cn1)c1ccc(C(F)(F)F)nc1. The zero-order valence-electron chi connectivity index (χ0n) is 16.3. The molecule has 0 saturated carbocycles. The molecule has 0 bridgehead atoms. The fraction of sp³-hybridized carbons (Fsp3) is 0.150. The molecule has 0 spiro atoms. The van der Waals surface area contributed by atoms with E-state index in [1.807, 2.05) is 0 Å². The number of amides is 1. The van der Waals surface area contributed by atoms with Gasteiger partial charge in [0.15, 0.2) is 0 Å². The molecule has 2 aromatic heterocycles. The predicted octanol–water partition coefficient (Wildman–Crippen LogP) is 4.28. The summed E-state index contributed by atoms with van der Waals surface area (Å²) in [6.07, 6.45) is -7.67. The number of aromatic nitrogens is 2. The number of nitrogens with one attached hydrogen (secondary N) is 1. The molecule has 0 fully saturated rings. The zero-order chi connectivity index (χ0) is 24.4. The normalized spacial score (nSPS) is 12.4. The van der Waals surface area contributed by atoms with Crippen LogP contribution in [0.5, 0.6) is 0 Å². The molecule has 0 atom stereocenters. The highest BCUT2D eigenvalue weighted by atomic mass is 32.2. The largest absolute Gasteiger partial charge is 0.433 e. The molecule has 2 heterocycles. The highest BCUT2D eigenvalue weighted by Crippen LogP contribution is 2.32. The van der Waals surface area contributed by atoms with Crippen molar-refractivity contribution in [1.29, 1.82) is 0 Å². The first-order valence-electron chi connectivity index (χ1n) is 8.97. The molecule has 0 aliphatic heterocycles. The van der Waals surface area contributed by atoms with E-state index in [0.717, 1.165) is 42.7 Å². The number of sulfone groups is 1. The number of pyridine rings is 2. The molecule has 1 amide bonds. The van der Waals surface area contributed by atoms with Gasteiger partial charge in [-0.15, -0.1) is 0 Å². The number of alkyl halides is 6. The molecule has 174 valence electrons. The first-order chi connectivity index (χ1) is 15.3. The van der Waals surface area contributed by atoms with Gasteiger partial charge in [-0.1, -0.05) is 6.07 Å². The topological polar surface area (TPSA) is 89.0 Å². The van der Waals surface area contributed by atoms with Gasteiger partial charge >= 0.3 is 12.4 Å². The van der Waals surface area contributed by atoms with Crippen molar-refractivity contribution in [2.45, 2.75) is 28.7 Å². The van der Waals surface area contributed by atoms with E-state index in [1.165, 1.54) is 6.07 Å². The molecule has 1 N–H and O–H groups in total. The molecule has 3 rings (SSSR count). The van der Waals surface area contributed by atoms with E-state index in [1.54, 1.807) is 0 Å². The lowest BCUT2D eigenvalue weighted by Gasteiger charge is -2.10. The summed E-state index contributed by atoms with van der Waals surface area (Å²) in [5.41, 5.74) is -2.20. The van der Waals surface area contributed by atoms with Crippen LogP contribution in [0.15, 0.2) is 70.7 Å². The Labute approximate surface area is 183 Å². The summed E-state index contributed by atoms with van der Waals surface area (Å²) in [7, 11) is -4.28. The van der Waals surface area contributed by atoms with E-state index in [-0.39, 0.29) is 22.7 Å². The summed E-state index contributed by atoms with van der Waals surface area (Å²) in [6, 6.07) is 7.22. The summed E-state index contributed by atoms with van der Waals surface area (Å²) in [5.74, 6) is -0.737. The van der Waals surface area contributed by atoms with Crippen LogP contribution in [-0.4, -0.2) is 24.3 Å². The van der Waals surface area contributed by atoms with Gasteiger partial charge in [0, 0.05) is 12.4 Å². The van der Waals surface area contributed by atoms with E-state index in [4.69, 9.17) is 0 Å². The Kier molecular flexibility index (Phi) is 6.45. The average molecular weight is 489 g/mol. The number of nitrogens with zero attached hydrogens (tertiary/aromatic N) is 2. The number of carbonyl (C=O) groups excluding carboxylic acids is 1.